The zero-order chi connectivity index (χ0) is 16.4. The molecule has 0 amide bonds. The van der Waals surface area contributed by atoms with Gasteiger partial charge >= 0.3 is 0 Å². The smallest absolute Gasteiger partial charge is 0.293 e. The number of rotatable bonds is 4. The van der Waals surface area contributed by atoms with E-state index in [4.69, 9.17) is 4.74 Å². The summed E-state index contributed by atoms with van der Waals surface area (Å²) in [6.45, 7) is 1.94. The first-order chi connectivity index (χ1) is 11.1. The molecular formula is C17H16N2O4. The average Bonchev–Trinajstić information content (AvgIpc) is 2.55. The van der Waals surface area contributed by atoms with Crippen molar-refractivity contribution >= 4 is 17.2 Å². The number of fused-ring (bicyclic) bond motifs is 1. The van der Waals surface area contributed by atoms with E-state index in [9.17, 15) is 14.9 Å². The SMILES string of the molecule is CC(=O)c1ccc(N[C@H]2CCOc3ccccc32)c([N+](=O)[O-])c1. The molecule has 0 fully saturated rings. The summed E-state index contributed by atoms with van der Waals surface area (Å²) in [6.07, 6.45) is 0.711. The Hall–Kier alpha value is -2.89. The van der Waals surface area contributed by atoms with E-state index in [-0.39, 0.29) is 17.5 Å². The number of nitro benzene ring substituents is 1. The summed E-state index contributed by atoms with van der Waals surface area (Å²) >= 11 is 0. The zero-order valence-electron chi connectivity index (χ0n) is 12.6. The number of anilines is 1. The summed E-state index contributed by atoms with van der Waals surface area (Å²) in [7, 11) is 0. The molecule has 0 aliphatic carbocycles. The average molecular weight is 312 g/mol. The van der Waals surface area contributed by atoms with E-state index < -0.39 is 4.92 Å². The third-order valence-corrected chi connectivity index (χ3v) is 3.89. The Kier molecular flexibility index (Phi) is 3.97. The number of hydrogen-bond donors (Lipinski definition) is 1. The highest BCUT2D eigenvalue weighted by Gasteiger charge is 2.24. The number of ketones is 1. The Morgan fingerprint density at radius 2 is 2.09 bits per heavy atom. The number of carbonyl (C=O) groups excluding carboxylic acids is 1. The monoisotopic (exact) mass is 312 g/mol. The van der Waals surface area contributed by atoms with Crippen molar-refractivity contribution in [3.63, 3.8) is 0 Å². The summed E-state index contributed by atoms with van der Waals surface area (Å²) < 4.78 is 5.60. The van der Waals surface area contributed by atoms with Crippen LogP contribution in [0.3, 0.4) is 0 Å². The Morgan fingerprint density at radius 1 is 1.30 bits per heavy atom. The molecule has 0 saturated heterocycles. The maximum absolute atomic E-state index is 11.4. The van der Waals surface area contributed by atoms with Crippen LogP contribution >= 0.6 is 0 Å². The van der Waals surface area contributed by atoms with Crippen LogP contribution in [-0.2, 0) is 0 Å². The zero-order valence-corrected chi connectivity index (χ0v) is 12.6. The van der Waals surface area contributed by atoms with E-state index in [1.54, 1.807) is 12.1 Å². The highest BCUT2D eigenvalue weighted by atomic mass is 16.6. The Morgan fingerprint density at radius 3 is 2.83 bits per heavy atom. The fourth-order valence-electron chi connectivity index (χ4n) is 2.70. The van der Waals surface area contributed by atoms with E-state index >= 15 is 0 Å². The molecule has 1 aliphatic rings. The molecule has 23 heavy (non-hydrogen) atoms. The van der Waals surface area contributed by atoms with Gasteiger partial charge in [0.05, 0.1) is 17.6 Å². The van der Waals surface area contributed by atoms with Crippen molar-refractivity contribution in [1.29, 1.82) is 0 Å². The van der Waals surface area contributed by atoms with Crippen LogP contribution in [0.5, 0.6) is 5.75 Å². The van der Waals surface area contributed by atoms with Crippen LogP contribution in [-0.4, -0.2) is 17.3 Å². The highest BCUT2D eigenvalue weighted by Crippen LogP contribution is 2.36. The van der Waals surface area contributed by atoms with Gasteiger partial charge in [-0.15, -0.1) is 0 Å². The van der Waals surface area contributed by atoms with Crippen molar-refractivity contribution in [2.45, 2.75) is 19.4 Å². The number of carbonyl (C=O) groups is 1. The van der Waals surface area contributed by atoms with Crippen molar-refractivity contribution in [2.24, 2.45) is 0 Å². The van der Waals surface area contributed by atoms with Gasteiger partial charge < -0.3 is 10.1 Å². The molecular weight excluding hydrogens is 296 g/mol. The lowest BCUT2D eigenvalue weighted by atomic mass is 10.00. The predicted octanol–water partition coefficient (Wildman–Crippen LogP) is 3.73. The quantitative estimate of drug-likeness (QED) is 0.528. The van der Waals surface area contributed by atoms with Crippen LogP contribution in [0.2, 0.25) is 0 Å². The standard InChI is InChI=1S/C17H16N2O4/c1-11(20)12-6-7-15(16(10-12)19(21)22)18-14-8-9-23-17-5-3-2-4-13(14)17/h2-7,10,14,18H,8-9H2,1H3/t14-/m0/s1. The van der Waals surface area contributed by atoms with Gasteiger partial charge in [0.1, 0.15) is 11.4 Å². The summed E-state index contributed by atoms with van der Waals surface area (Å²) in [5.74, 6) is 0.593. The number of benzene rings is 2. The van der Waals surface area contributed by atoms with Crippen molar-refractivity contribution in [1.82, 2.24) is 0 Å². The molecule has 1 atom stereocenters. The number of nitrogens with one attached hydrogen (secondary N) is 1. The first-order valence-electron chi connectivity index (χ1n) is 7.34. The first kappa shape index (κ1) is 15.0. The van der Waals surface area contributed by atoms with Gasteiger partial charge in [0.2, 0.25) is 0 Å². The van der Waals surface area contributed by atoms with Crippen LogP contribution in [0.1, 0.15) is 35.3 Å². The van der Waals surface area contributed by atoms with Gasteiger partial charge in [0, 0.05) is 23.6 Å². The van der Waals surface area contributed by atoms with Crippen molar-refractivity contribution in [3.8, 4) is 5.75 Å². The number of para-hydroxylation sites is 1. The fourth-order valence-corrected chi connectivity index (χ4v) is 2.70. The highest BCUT2D eigenvalue weighted by molar-refractivity contribution is 5.95. The van der Waals surface area contributed by atoms with Gasteiger partial charge in [-0.2, -0.15) is 0 Å². The van der Waals surface area contributed by atoms with Gasteiger partial charge in [-0.05, 0) is 25.1 Å². The minimum atomic E-state index is -0.472. The summed E-state index contributed by atoms with van der Waals surface area (Å²) in [5.41, 5.74) is 1.61. The molecule has 1 N–H and O–H groups in total. The lowest BCUT2D eigenvalue weighted by molar-refractivity contribution is -0.384. The number of hydrogen-bond acceptors (Lipinski definition) is 5. The maximum atomic E-state index is 11.4. The first-order valence-corrected chi connectivity index (χ1v) is 7.34. The second-order valence-electron chi connectivity index (χ2n) is 5.42. The molecule has 0 spiro atoms. The molecule has 2 aromatic rings. The van der Waals surface area contributed by atoms with Crippen molar-refractivity contribution in [2.75, 3.05) is 11.9 Å². The third kappa shape index (κ3) is 3.01. The molecule has 118 valence electrons. The molecule has 0 unspecified atom stereocenters. The van der Waals surface area contributed by atoms with Crippen LogP contribution in [0.15, 0.2) is 42.5 Å². The Balaban J connectivity index is 1.95. The molecule has 0 aromatic heterocycles. The fraction of sp³-hybridized carbons (Fsp3) is 0.235. The normalized spacial score (nSPS) is 16.1. The van der Waals surface area contributed by atoms with Crippen LogP contribution in [0.4, 0.5) is 11.4 Å². The van der Waals surface area contributed by atoms with Gasteiger partial charge in [-0.25, -0.2) is 0 Å². The second kappa shape index (κ2) is 6.08. The number of ether oxygens (including phenoxy) is 1. The van der Waals surface area contributed by atoms with Crippen molar-refractivity contribution in [3.05, 3.63) is 63.7 Å². The number of nitro groups is 1. The minimum absolute atomic E-state index is 0.0678. The summed E-state index contributed by atoms with van der Waals surface area (Å²) in [5, 5.41) is 14.5. The van der Waals surface area contributed by atoms with Gasteiger partial charge in [-0.1, -0.05) is 18.2 Å². The molecule has 0 saturated carbocycles. The van der Waals surface area contributed by atoms with E-state index in [1.165, 1.54) is 13.0 Å². The number of nitrogens with zero attached hydrogens (tertiary/aromatic N) is 1. The molecule has 2 aromatic carbocycles. The van der Waals surface area contributed by atoms with Crippen LogP contribution < -0.4 is 10.1 Å². The van der Waals surface area contributed by atoms with Gasteiger partial charge in [0.25, 0.3) is 5.69 Å². The lowest BCUT2D eigenvalue weighted by Crippen LogP contribution is -2.20. The van der Waals surface area contributed by atoms with E-state index in [2.05, 4.69) is 5.32 Å². The Bertz CT molecular complexity index is 773. The lowest BCUT2D eigenvalue weighted by Gasteiger charge is -2.27. The van der Waals surface area contributed by atoms with Crippen LogP contribution in [0.25, 0.3) is 0 Å². The summed E-state index contributed by atoms with van der Waals surface area (Å²) in [4.78, 5) is 22.3. The minimum Gasteiger partial charge on any atom is -0.493 e. The Labute approximate surface area is 133 Å². The molecule has 0 radical (unpaired) electrons. The van der Waals surface area contributed by atoms with Gasteiger partial charge in [0.15, 0.2) is 5.78 Å². The third-order valence-electron chi connectivity index (χ3n) is 3.89. The molecule has 6 nitrogen and oxygen atoms in total. The van der Waals surface area contributed by atoms with Crippen LogP contribution in [0, 0.1) is 10.1 Å². The van der Waals surface area contributed by atoms with E-state index in [0.29, 0.717) is 24.3 Å². The van der Waals surface area contributed by atoms with E-state index in [1.807, 2.05) is 24.3 Å². The summed E-state index contributed by atoms with van der Waals surface area (Å²) in [6, 6.07) is 12.1. The van der Waals surface area contributed by atoms with Gasteiger partial charge in [-0.3, -0.25) is 14.9 Å². The molecule has 6 heteroatoms. The topological polar surface area (TPSA) is 81.5 Å². The second-order valence-corrected chi connectivity index (χ2v) is 5.42. The number of Topliss-reactive ketones (excluding diaryl/α,β-unsaturated/α-hetero) is 1. The van der Waals surface area contributed by atoms with E-state index in [0.717, 1.165) is 11.3 Å². The molecule has 0 bridgehead atoms. The van der Waals surface area contributed by atoms with Crippen molar-refractivity contribution < 1.29 is 14.5 Å². The molecule has 1 aliphatic heterocycles. The molecule has 3 rings (SSSR count). The predicted molar refractivity (Wildman–Crippen MR) is 86.0 cm³/mol. The maximum Gasteiger partial charge on any atom is 0.293 e. The molecule has 1 heterocycles. The largest absolute Gasteiger partial charge is 0.493 e.